The molecule has 0 fully saturated rings. The van der Waals surface area contributed by atoms with Gasteiger partial charge in [-0.2, -0.15) is 0 Å². The lowest BCUT2D eigenvalue weighted by Crippen LogP contribution is -2.46. The lowest BCUT2D eigenvalue weighted by atomic mass is 10.0. The zero-order valence-electron chi connectivity index (χ0n) is 9.16. The first-order chi connectivity index (χ1) is 6.49. The van der Waals surface area contributed by atoms with Crippen molar-refractivity contribution in [2.75, 3.05) is 6.61 Å². The Kier molecular flexibility index (Phi) is 3.52. The first-order valence-corrected chi connectivity index (χ1v) is 7.60. The van der Waals surface area contributed by atoms with Crippen LogP contribution in [0.2, 0.25) is 12.1 Å². The van der Waals surface area contributed by atoms with Gasteiger partial charge < -0.3 is 14.6 Å². The summed E-state index contributed by atoms with van der Waals surface area (Å²) in [4.78, 5) is 0. The van der Waals surface area contributed by atoms with Crippen LogP contribution in [0.1, 0.15) is 20.8 Å². The Morgan fingerprint density at radius 3 is 2.36 bits per heavy atom. The molecule has 0 bridgehead atoms. The van der Waals surface area contributed by atoms with Crippen LogP contribution >= 0.6 is 0 Å². The second kappa shape index (κ2) is 4.14. The molecule has 1 rings (SSSR count). The molecule has 0 spiro atoms. The van der Waals surface area contributed by atoms with Crippen LogP contribution in [0.5, 0.6) is 0 Å². The molecule has 3 nitrogen and oxygen atoms in total. The molecule has 0 saturated carbocycles. The van der Waals surface area contributed by atoms with Crippen LogP contribution in [0, 0.1) is 0 Å². The van der Waals surface area contributed by atoms with E-state index in [9.17, 15) is 5.11 Å². The zero-order chi connectivity index (χ0) is 10.8. The minimum Gasteiger partial charge on any atom is -0.404 e. The van der Waals surface area contributed by atoms with Crippen LogP contribution in [0.15, 0.2) is 11.8 Å². The van der Waals surface area contributed by atoms with Crippen molar-refractivity contribution in [3.8, 4) is 0 Å². The predicted octanol–water partition coefficient (Wildman–Crippen LogP) is 1.21. The topological polar surface area (TPSA) is 49.7 Å². The van der Waals surface area contributed by atoms with Gasteiger partial charge in [0.1, 0.15) is 5.60 Å². The summed E-state index contributed by atoms with van der Waals surface area (Å²) in [5, 5.41) is 18.9. The second-order valence-electron chi connectivity index (χ2n) is 4.18. The van der Waals surface area contributed by atoms with Crippen molar-refractivity contribution in [3.05, 3.63) is 11.8 Å². The molecule has 1 aliphatic heterocycles. The molecule has 2 N–H and O–H groups in total. The summed E-state index contributed by atoms with van der Waals surface area (Å²) in [6.45, 7) is 5.59. The molecule has 82 valence electrons. The van der Waals surface area contributed by atoms with Crippen molar-refractivity contribution in [3.63, 3.8) is 0 Å². The molecule has 0 radical (unpaired) electrons. The zero-order valence-corrected chi connectivity index (χ0v) is 10.2. The maximum absolute atomic E-state index is 9.84. The highest BCUT2D eigenvalue weighted by molar-refractivity contribution is 6.79. The molecular formula is C10H20O3Si. The molecule has 1 heterocycles. The molecular weight excluding hydrogens is 196 g/mol. The van der Waals surface area contributed by atoms with Gasteiger partial charge in [-0.25, -0.2) is 0 Å². The van der Waals surface area contributed by atoms with E-state index in [1.807, 2.05) is 6.08 Å². The summed E-state index contributed by atoms with van der Waals surface area (Å²) in [5.74, 6) is 0. The van der Waals surface area contributed by atoms with E-state index in [-0.39, 0.29) is 12.7 Å². The standard InChI is InChI=1S/C10H20O3Si/c1-4-14(5-2)7-6-9(13-14)10(3,12)8-11/h6-7,9,11-12H,4-5,8H2,1-3H3/t9-,10+/m0/s1. The van der Waals surface area contributed by atoms with Crippen molar-refractivity contribution in [1.82, 2.24) is 0 Å². The van der Waals surface area contributed by atoms with E-state index in [1.165, 1.54) is 0 Å². The third-order valence-corrected chi connectivity index (χ3v) is 6.98. The van der Waals surface area contributed by atoms with E-state index >= 15 is 0 Å². The van der Waals surface area contributed by atoms with Gasteiger partial charge in [-0.3, -0.25) is 0 Å². The van der Waals surface area contributed by atoms with Crippen LogP contribution in [-0.2, 0) is 4.43 Å². The Morgan fingerprint density at radius 1 is 1.43 bits per heavy atom. The van der Waals surface area contributed by atoms with E-state index in [2.05, 4.69) is 19.5 Å². The van der Waals surface area contributed by atoms with Gasteiger partial charge in [0.15, 0.2) is 0 Å². The lowest BCUT2D eigenvalue weighted by molar-refractivity contribution is -0.0625. The van der Waals surface area contributed by atoms with E-state index in [0.717, 1.165) is 12.1 Å². The van der Waals surface area contributed by atoms with Crippen molar-refractivity contribution >= 4 is 8.32 Å². The molecule has 0 aromatic carbocycles. The van der Waals surface area contributed by atoms with Crippen LogP contribution in [0.25, 0.3) is 0 Å². The molecule has 0 amide bonds. The van der Waals surface area contributed by atoms with Gasteiger partial charge in [0, 0.05) is 0 Å². The van der Waals surface area contributed by atoms with E-state index in [0.29, 0.717) is 0 Å². The maximum Gasteiger partial charge on any atom is 0.217 e. The fourth-order valence-corrected chi connectivity index (χ4v) is 4.42. The quantitative estimate of drug-likeness (QED) is 0.695. The summed E-state index contributed by atoms with van der Waals surface area (Å²) in [6, 6.07) is 2.05. The molecule has 0 aromatic heterocycles. The minimum absolute atomic E-state index is 0.264. The Bertz CT molecular complexity index is 221. The number of hydrogen-bond donors (Lipinski definition) is 2. The first kappa shape index (κ1) is 11.9. The highest BCUT2D eigenvalue weighted by Crippen LogP contribution is 2.31. The summed E-state index contributed by atoms with van der Waals surface area (Å²) < 4.78 is 5.92. The van der Waals surface area contributed by atoms with Gasteiger partial charge in [0.2, 0.25) is 8.32 Å². The minimum atomic E-state index is -1.72. The van der Waals surface area contributed by atoms with Gasteiger partial charge in [0.25, 0.3) is 0 Å². The SMILES string of the molecule is CC[Si]1(CC)C=C[C@@H]([C@](C)(O)CO)O1. The van der Waals surface area contributed by atoms with Crippen LogP contribution in [-0.4, -0.2) is 36.8 Å². The van der Waals surface area contributed by atoms with Crippen molar-refractivity contribution in [2.24, 2.45) is 0 Å². The molecule has 2 atom stereocenters. The molecule has 0 unspecified atom stereocenters. The van der Waals surface area contributed by atoms with Crippen molar-refractivity contribution < 1.29 is 14.6 Å². The fourth-order valence-electron chi connectivity index (χ4n) is 1.67. The van der Waals surface area contributed by atoms with Gasteiger partial charge in [0.05, 0.1) is 12.7 Å². The van der Waals surface area contributed by atoms with Crippen LogP contribution in [0.3, 0.4) is 0 Å². The number of aliphatic hydroxyl groups is 2. The number of hydrogen-bond acceptors (Lipinski definition) is 3. The van der Waals surface area contributed by atoms with Crippen molar-refractivity contribution in [1.29, 1.82) is 0 Å². The van der Waals surface area contributed by atoms with E-state index in [1.54, 1.807) is 6.92 Å². The molecule has 14 heavy (non-hydrogen) atoms. The Hall–Kier alpha value is -0.163. The monoisotopic (exact) mass is 216 g/mol. The van der Waals surface area contributed by atoms with Crippen molar-refractivity contribution in [2.45, 2.75) is 44.6 Å². The Morgan fingerprint density at radius 2 is 2.00 bits per heavy atom. The Balaban J connectivity index is 2.71. The second-order valence-corrected chi connectivity index (χ2v) is 8.30. The maximum atomic E-state index is 9.84. The van der Waals surface area contributed by atoms with Crippen LogP contribution < -0.4 is 0 Å². The average molecular weight is 216 g/mol. The van der Waals surface area contributed by atoms with Gasteiger partial charge in [-0.1, -0.05) is 25.6 Å². The third kappa shape index (κ3) is 2.08. The fraction of sp³-hybridized carbons (Fsp3) is 0.800. The smallest absolute Gasteiger partial charge is 0.217 e. The molecule has 1 aliphatic rings. The highest BCUT2D eigenvalue weighted by Gasteiger charge is 2.42. The summed E-state index contributed by atoms with van der Waals surface area (Å²) >= 11 is 0. The largest absolute Gasteiger partial charge is 0.404 e. The molecule has 0 aliphatic carbocycles. The number of rotatable bonds is 4. The Labute approximate surface area is 86.5 Å². The molecule has 0 aromatic rings. The molecule has 4 heteroatoms. The summed E-state index contributed by atoms with van der Waals surface area (Å²) in [5.41, 5.74) is 0.997. The number of aliphatic hydroxyl groups excluding tert-OH is 1. The first-order valence-electron chi connectivity index (χ1n) is 5.20. The average Bonchev–Trinajstić information content (AvgIpc) is 2.63. The van der Waals surface area contributed by atoms with Crippen LogP contribution in [0.4, 0.5) is 0 Å². The predicted molar refractivity (Wildman–Crippen MR) is 58.4 cm³/mol. The van der Waals surface area contributed by atoms with Gasteiger partial charge in [-0.05, 0) is 19.0 Å². The third-order valence-electron chi connectivity index (χ3n) is 3.07. The normalized spacial score (nSPS) is 29.1. The summed E-state index contributed by atoms with van der Waals surface area (Å²) in [6.07, 6.45) is 1.58. The van der Waals surface area contributed by atoms with E-state index < -0.39 is 13.9 Å². The van der Waals surface area contributed by atoms with Gasteiger partial charge in [-0.15, -0.1) is 0 Å². The summed E-state index contributed by atoms with van der Waals surface area (Å²) in [7, 11) is -1.72. The lowest BCUT2D eigenvalue weighted by Gasteiger charge is -2.31. The highest BCUT2D eigenvalue weighted by atomic mass is 28.4. The molecule has 0 saturated heterocycles. The van der Waals surface area contributed by atoms with E-state index in [4.69, 9.17) is 9.53 Å². The van der Waals surface area contributed by atoms with Gasteiger partial charge >= 0.3 is 0 Å².